The molecule has 1 N–H and O–H groups in total. The first-order valence-electron chi connectivity index (χ1n) is 7.29. The summed E-state index contributed by atoms with van der Waals surface area (Å²) >= 11 is 0. The topological polar surface area (TPSA) is 20.2 Å². The third-order valence-corrected chi connectivity index (χ3v) is 4.39. The van der Waals surface area contributed by atoms with Gasteiger partial charge in [-0.2, -0.15) is 0 Å². The number of hydrogen-bond donors (Lipinski definition) is 1. The minimum Gasteiger partial charge on any atom is -0.388 e. The molecule has 0 saturated carbocycles. The van der Waals surface area contributed by atoms with Gasteiger partial charge in [-0.05, 0) is 48.9 Å². The molecule has 0 fully saturated rings. The second-order valence-electron chi connectivity index (χ2n) is 5.77. The molecule has 0 bridgehead atoms. The molecule has 0 radical (unpaired) electrons. The largest absolute Gasteiger partial charge is 0.388 e. The normalized spacial score (nSPS) is 19.1. The fraction of sp³-hybridized carbons (Fsp3) is 0.333. The van der Waals surface area contributed by atoms with Crippen LogP contribution in [0.25, 0.3) is 0 Å². The molecule has 1 aliphatic rings. The summed E-state index contributed by atoms with van der Waals surface area (Å²) in [6.45, 7) is 1.58. The lowest BCUT2D eigenvalue weighted by Gasteiger charge is -2.30. The minimum absolute atomic E-state index is 0.130. The molecule has 0 amide bonds. The summed E-state index contributed by atoms with van der Waals surface area (Å²) in [6.07, 6.45) is 1.84. The second-order valence-corrected chi connectivity index (χ2v) is 5.77. The molecule has 0 saturated heterocycles. The number of aliphatic hydroxyl groups excluding tert-OH is 1. The lowest BCUT2D eigenvalue weighted by Crippen LogP contribution is -2.18. The Morgan fingerprint density at radius 2 is 1.90 bits per heavy atom. The number of fused-ring (bicyclic) bond motifs is 1. The van der Waals surface area contributed by atoms with Crippen molar-refractivity contribution in [3.05, 3.63) is 70.3 Å². The van der Waals surface area contributed by atoms with Gasteiger partial charge in [-0.3, -0.25) is 0 Å². The highest BCUT2D eigenvalue weighted by molar-refractivity contribution is 5.36. The highest BCUT2D eigenvalue weighted by Crippen LogP contribution is 2.41. The van der Waals surface area contributed by atoms with E-state index in [0.29, 0.717) is 5.56 Å². The van der Waals surface area contributed by atoms with Crippen molar-refractivity contribution in [3.63, 3.8) is 0 Å². The molecule has 2 aromatic rings. The molecule has 1 aliphatic carbocycles. The molecule has 0 aromatic heterocycles. The fourth-order valence-corrected chi connectivity index (χ4v) is 3.24. The standard InChI is InChI=1S/C18H18F2O/c1-11-9-15(17(20)10-16(11)19)18(21)14-8-4-6-12-5-2-3-7-13(12)14/h2-3,5,7,9-10,14,18,21H,4,6,8H2,1H3. The molecule has 0 aliphatic heterocycles. The van der Waals surface area contributed by atoms with E-state index in [1.165, 1.54) is 11.6 Å². The van der Waals surface area contributed by atoms with Crippen molar-refractivity contribution < 1.29 is 13.9 Å². The van der Waals surface area contributed by atoms with Gasteiger partial charge in [0.05, 0.1) is 6.10 Å². The molecule has 3 heteroatoms. The van der Waals surface area contributed by atoms with E-state index in [0.717, 1.165) is 30.9 Å². The van der Waals surface area contributed by atoms with Crippen LogP contribution in [0.1, 0.15) is 47.1 Å². The number of hydrogen-bond acceptors (Lipinski definition) is 1. The smallest absolute Gasteiger partial charge is 0.131 e. The zero-order valence-corrected chi connectivity index (χ0v) is 11.9. The second kappa shape index (κ2) is 5.57. The van der Waals surface area contributed by atoms with Crippen LogP contribution in [0.2, 0.25) is 0 Å². The summed E-state index contributed by atoms with van der Waals surface area (Å²) in [7, 11) is 0. The van der Waals surface area contributed by atoms with Gasteiger partial charge in [-0.1, -0.05) is 24.3 Å². The fourth-order valence-electron chi connectivity index (χ4n) is 3.24. The highest BCUT2D eigenvalue weighted by Gasteiger charge is 2.29. The highest BCUT2D eigenvalue weighted by atomic mass is 19.1. The number of rotatable bonds is 2. The van der Waals surface area contributed by atoms with Crippen molar-refractivity contribution in [3.8, 4) is 0 Å². The average molecular weight is 288 g/mol. The maximum absolute atomic E-state index is 14.0. The van der Waals surface area contributed by atoms with Gasteiger partial charge >= 0.3 is 0 Å². The Hall–Kier alpha value is -1.74. The molecule has 2 atom stereocenters. The SMILES string of the molecule is Cc1cc(C(O)C2CCCc3ccccc32)c(F)cc1F. The Balaban J connectivity index is 2.00. The van der Waals surface area contributed by atoms with Crippen molar-refractivity contribution in [2.24, 2.45) is 0 Å². The number of aliphatic hydroxyl groups is 1. The van der Waals surface area contributed by atoms with Crippen LogP contribution < -0.4 is 0 Å². The molecule has 0 heterocycles. The van der Waals surface area contributed by atoms with Crippen LogP contribution in [0.4, 0.5) is 8.78 Å². The van der Waals surface area contributed by atoms with Gasteiger partial charge in [0, 0.05) is 17.5 Å². The van der Waals surface area contributed by atoms with Crippen LogP contribution in [0, 0.1) is 18.6 Å². The molecule has 3 rings (SSSR count). The first-order chi connectivity index (χ1) is 10.1. The monoisotopic (exact) mass is 288 g/mol. The maximum Gasteiger partial charge on any atom is 0.131 e. The molecular formula is C18H18F2O. The predicted molar refractivity (Wildman–Crippen MR) is 78.2 cm³/mol. The Bertz CT molecular complexity index is 666. The lowest BCUT2D eigenvalue weighted by atomic mass is 9.78. The van der Waals surface area contributed by atoms with Crippen LogP contribution in [0.5, 0.6) is 0 Å². The summed E-state index contributed by atoms with van der Waals surface area (Å²) in [5.74, 6) is -1.38. The van der Waals surface area contributed by atoms with E-state index in [2.05, 4.69) is 6.07 Å². The molecule has 1 nitrogen and oxygen atoms in total. The van der Waals surface area contributed by atoms with Gasteiger partial charge in [0.1, 0.15) is 11.6 Å². The zero-order valence-electron chi connectivity index (χ0n) is 11.9. The summed E-state index contributed by atoms with van der Waals surface area (Å²) in [5.41, 5.74) is 2.84. The van der Waals surface area contributed by atoms with Gasteiger partial charge in [0.2, 0.25) is 0 Å². The van der Waals surface area contributed by atoms with Crippen molar-refractivity contribution >= 4 is 0 Å². The predicted octanol–water partition coefficient (Wildman–Crippen LogP) is 4.43. The summed E-state index contributed by atoms with van der Waals surface area (Å²) in [5, 5.41) is 10.6. The van der Waals surface area contributed by atoms with Crippen LogP contribution in [-0.4, -0.2) is 5.11 Å². The number of halogens is 2. The van der Waals surface area contributed by atoms with Gasteiger partial charge in [-0.15, -0.1) is 0 Å². The Kier molecular flexibility index (Phi) is 3.77. The molecule has 21 heavy (non-hydrogen) atoms. The number of benzene rings is 2. The lowest BCUT2D eigenvalue weighted by molar-refractivity contribution is 0.131. The Morgan fingerprint density at radius 1 is 1.14 bits per heavy atom. The summed E-state index contributed by atoms with van der Waals surface area (Å²) < 4.78 is 27.4. The first-order valence-corrected chi connectivity index (χ1v) is 7.29. The molecule has 2 unspecified atom stereocenters. The molecule has 2 aromatic carbocycles. The molecule has 0 spiro atoms. The quantitative estimate of drug-likeness (QED) is 0.867. The van der Waals surface area contributed by atoms with Crippen molar-refractivity contribution in [2.45, 2.75) is 38.2 Å². The van der Waals surface area contributed by atoms with Crippen molar-refractivity contribution in [1.29, 1.82) is 0 Å². The van der Waals surface area contributed by atoms with Crippen LogP contribution >= 0.6 is 0 Å². The zero-order chi connectivity index (χ0) is 15.0. The third-order valence-electron chi connectivity index (χ3n) is 4.39. The van der Waals surface area contributed by atoms with E-state index < -0.39 is 17.7 Å². The van der Waals surface area contributed by atoms with E-state index in [1.807, 2.05) is 18.2 Å². The van der Waals surface area contributed by atoms with Crippen LogP contribution in [0.15, 0.2) is 36.4 Å². The van der Waals surface area contributed by atoms with Crippen LogP contribution in [-0.2, 0) is 6.42 Å². The van der Waals surface area contributed by atoms with E-state index >= 15 is 0 Å². The van der Waals surface area contributed by atoms with Gasteiger partial charge in [-0.25, -0.2) is 8.78 Å². The van der Waals surface area contributed by atoms with E-state index in [4.69, 9.17) is 0 Å². The minimum atomic E-state index is -0.939. The summed E-state index contributed by atoms with van der Waals surface area (Å²) in [6, 6.07) is 10.3. The summed E-state index contributed by atoms with van der Waals surface area (Å²) in [4.78, 5) is 0. The first kappa shape index (κ1) is 14.2. The molecule has 110 valence electrons. The van der Waals surface area contributed by atoms with Gasteiger partial charge in [0.15, 0.2) is 0 Å². The third kappa shape index (κ3) is 2.58. The van der Waals surface area contributed by atoms with E-state index in [1.54, 1.807) is 6.92 Å². The maximum atomic E-state index is 14.0. The van der Waals surface area contributed by atoms with Crippen molar-refractivity contribution in [2.75, 3.05) is 0 Å². The van der Waals surface area contributed by atoms with Gasteiger partial charge in [0.25, 0.3) is 0 Å². The Labute approximate surface area is 123 Å². The van der Waals surface area contributed by atoms with E-state index in [-0.39, 0.29) is 11.5 Å². The van der Waals surface area contributed by atoms with Crippen molar-refractivity contribution in [1.82, 2.24) is 0 Å². The Morgan fingerprint density at radius 3 is 2.71 bits per heavy atom. The average Bonchev–Trinajstić information content (AvgIpc) is 2.49. The number of aryl methyl sites for hydroxylation is 2. The van der Waals surface area contributed by atoms with Gasteiger partial charge < -0.3 is 5.11 Å². The van der Waals surface area contributed by atoms with E-state index in [9.17, 15) is 13.9 Å². The van der Waals surface area contributed by atoms with Crippen LogP contribution in [0.3, 0.4) is 0 Å². The molecular weight excluding hydrogens is 270 g/mol.